The first-order valence-corrected chi connectivity index (χ1v) is 7.76. The number of H-pyrrole nitrogens is 1. The van der Waals surface area contributed by atoms with E-state index in [4.69, 9.17) is 21.7 Å². The highest BCUT2D eigenvalue weighted by molar-refractivity contribution is 7.71. The number of carboxylic acid groups (broad SMARTS) is 1. The molecule has 0 amide bonds. The van der Waals surface area contributed by atoms with Gasteiger partial charge in [-0.2, -0.15) is 4.98 Å². The van der Waals surface area contributed by atoms with Crippen molar-refractivity contribution in [3.05, 3.63) is 44.6 Å². The lowest BCUT2D eigenvalue weighted by Crippen LogP contribution is -2.23. The molecule has 0 spiro atoms. The molecule has 10 heteroatoms. The number of ether oxygens (including phenoxy) is 2. The number of aryl methyl sites for hydroxylation is 1. The van der Waals surface area contributed by atoms with Crippen molar-refractivity contribution >= 4 is 29.1 Å². The number of nitrogens with zero attached hydrogens (tertiary/aromatic N) is 3. The first-order valence-electron chi connectivity index (χ1n) is 7.35. The Labute approximate surface area is 151 Å². The fraction of sp³-hybridized carbons (Fsp3) is 0.188. The number of rotatable bonds is 4. The Balaban J connectivity index is 2.34. The minimum atomic E-state index is -1.10. The van der Waals surface area contributed by atoms with Crippen LogP contribution in [0.15, 0.2) is 23.1 Å². The van der Waals surface area contributed by atoms with Gasteiger partial charge in [-0.3, -0.25) is 4.79 Å². The quantitative estimate of drug-likeness (QED) is 0.664. The predicted octanol–water partition coefficient (Wildman–Crippen LogP) is 1.86. The standard InChI is InChI=1S/C16H14N4O5S/c1-7-4-8(14(22)23)5-9-11(7)13(21)20(16(26)18-9)15-17-6-10(24-2)12(19-15)25-3/h4-6H,1-3H3,(H,18,26)(H,22,23). The third-order valence-electron chi connectivity index (χ3n) is 3.77. The molecule has 0 aliphatic carbocycles. The van der Waals surface area contributed by atoms with Gasteiger partial charge in [-0.25, -0.2) is 14.3 Å². The van der Waals surface area contributed by atoms with E-state index in [2.05, 4.69) is 15.0 Å². The average Bonchev–Trinajstić information content (AvgIpc) is 2.60. The molecule has 0 atom stereocenters. The van der Waals surface area contributed by atoms with Crippen molar-refractivity contribution in [2.75, 3.05) is 14.2 Å². The summed E-state index contributed by atoms with van der Waals surface area (Å²) in [5.74, 6) is -0.627. The number of benzene rings is 1. The molecule has 9 nitrogen and oxygen atoms in total. The smallest absolute Gasteiger partial charge is 0.335 e. The van der Waals surface area contributed by atoms with Gasteiger partial charge in [0, 0.05) is 0 Å². The zero-order valence-electron chi connectivity index (χ0n) is 14.1. The van der Waals surface area contributed by atoms with Gasteiger partial charge in [0.25, 0.3) is 11.4 Å². The van der Waals surface area contributed by atoms with Crippen molar-refractivity contribution in [3.8, 4) is 17.6 Å². The Morgan fingerprint density at radius 3 is 2.65 bits per heavy atom. The summed E-state index contributed by atoms with van der Waals surface area (Å²) in [5, 5.41) is 9.47. The van der Waals surface area contributed by atoms with Crippen LogP contribution in [0.3, 0.4) is 0 Å². The van der Waals surface area contributed by atoms with Gasteiger partial charge < -0.3 is 19.6 Å². The fourth-order valence-electron chi connectivity index (χ4n) is 2.59. The molecule has 2 N–H and O–H groups in total. The van der Waals surface area contributed by atoms with Crippen LogP contribution in [-0.2, 0) is 0 Å². The Bertz CT molecular complexity index is 1150. The first kappa shape index (κ1) is 17.5. The van der Waals surface area contributed by atoms with Crippen LogP contribution in [0.25, 0.3) is 16.9 Å². The number of hydrogen-bond acceptors (Lipinski definition) is 7. The fourth-order valence-corrected chi connectivity index (χ4v) is 2.86. The molecule has 1 aromatic carbocycles. The first-order chi connectivity index (χ1) is 12.4. The van der Waals surface area contributed by atoms with E-state index < -0.39 is 11.5 Å². The summed E-state index contributed by atoms with van der Waals surface area (Å²) in [4.78, 5) is 35.3. The zero-order chi connectivity index (χ0) is 19.0. The Morgan fingerprint density at radius 1 is 1.31 bits per heavy atom. The van der Waals surface area contributed by atoms with Gasteiger partial charge >= 0.3 is 5.97 Å². The summed E-state index contributed by atoms with van der Waals surface area (Å²) >= 11 is 5.25. The van der Waals surface area contributed by atoms with Crippen LogP contribution >= 0.6 is 12.2 Å². The number of aromatic nitrogens is 4. The second kappa shape index (κ2) is 6.56. The minimum absolute atomic E-state index is 0.0116. The molecular weight excluding hydrogens is 360 g/mol. The average molecular weight is 374 g/mol. The normalized spacial score (nSPS) is 10.7. The second-order valence-corrected chi connectivity index (χ2v) is 5.73. The van der Waals surface area contributed by atoms with Gasteiger partial charge in [0.05, 0.1) is 36.9 Å². The lowest BCUT2D eigenvalue weighted by atomic mass is 10.1. The number of fused-ring (bicyclic) bond motifs is 1. The lowest BCUT2D eigenvalue weighted by Gasteiger charge is -2.11. The van der Waals surface area contributed by atoms with Crippen LogP contribution in [0.5, 0.6) is 11.6 Å². The van der Waals surface area contributed by atoms with Crippen LogP contribution in [0, 0.1) is 11.7 Å². The highest BCUT2D eigenvalue weighted by atomic mass is 32.1. The number of aromatic carboxylic acids is 1. The summed E-state index contributed by atoms with van der Waals surface area (Å²) in [6, 6.07) is 2.78. The van der Waals surface area contributed by atoms with Crippen LogP contribution in [0.2, 0.25) is 0 Å². The monoisotopic (exact) mass is 374 g/mol. The molecule has 0 saturated heterocycles. The minimum Gasteiger partial charge on any atom is -0.490 e. The molecule has 0 saturated carbocycles. The molecule has 0 fully saturated rings. The molecular formula is C16H14N4O5S. The Morgan fingerprint density at radius 2 is 2.04 bits per heavy atom. The summed E-state index contributed by atoms with van der Waals surface area (Å²) in [5.41, 5.74) is 0.407. The third kappa shape index (κ3) is 2.80. The number of carbonyl (C=O) groups is 1. The predicted molar refractivity (Wildman–Crippen MR) is 95.1 cm³/mol. The number of hydrogen-bond donors (Lipinski definition) is 2. The summed E-state index contributed by atoms with van der Waals surface area (Å²) in [6.45, 7) is 1.65. The van der Waals surface area contributed by atoms with Crippen LogP contribution in [0.1, 0.15) is 15.9 Å². The molecule has 26 heavy (non-hydrogen) atoms. The van der Waals surface area contributed by atoms with E-state index >= 15 is 0 Å². The van der Waals surface area contributed by atoms with Crippen molar-refractivity contribution in [3.63, 3.8) is 0 Å². The summed E-state index contributed by atoms with van der Waals surface area (Å²) < 4.78 is 11.4. The zero-order valence-corrected chi connectivity index (χ0v) is 14.9. The van der Waals surface area contributed by atoms with E-state index in [1.54, 1.807) is 6.92 Å². The Hall–Kier alpha value is -3.27. The molecule has 3 aromatic rings. The van der Waals surface area contributed by atoms with Crippen molar-refractivity contribution < 1.29 is 19.4 Å². The second-order valence-electron chi connectivity index (χ2n) is 5.34. The van der Waals surface area contributed by atoms with Gasteiger partial charge in [0.15, 0.2) is 10.5 Å². The van der Waals surface area contributed by atoms with Gasteiger partial charge in [0.1, 0.15) is 0 Å². The topological polar surface area (TPSA) is 119 Å². The van der Waals surface area contributed by atoms with Crippen molar-refractivity contribution in [2.45, 2.75) is 6.92 Å². The van der Waals surface area contributed by atoms with E-state index in [9.17, 15) is 14.7 Å². The van der Waals surface area contributed by atoms with Crippen molar-refractivity contribution in [1.29, 1.82) is 0 Å². The largest absolute Gasteiger partial charge is 0.490 e. The van der Waals surface area contributed by atoms with Crippen molar-refractivity contribution in [1.82, 2.24) is 19.5 Å². The van der Waals surface area contributed by atoms with E-state index in [-0.39, 0.29) is 22.2 Å². The maximum absolute atomic E-state index is 13.0. The molecule has 134 valence electrons. The van der Waals surface area contributed by atoms with E-state index in [1.807, 2.05) is 0 Å². The molecule has 3 rings (SSSR count). The molecule has 2 aromatic heterocycles. The highest BCUT2D eigenvalue weighted by Gasteiger charge is 2.16. The number of methoxy groups -OCH3 is 2. The van der Waals surface area contributed by atoms with Crippen LogP contribution in [0.4, 0.5) is 0 Å². The van der Waals surface area contributed by atoms with Gasteiger partial charge in [-0.15, -0.1) is 0 Å². The molecule has 0 bridgehead atoms. The molecule has 0 aliphatic heterocycles. The Kier molecular flexibility index (Phi) is 4.43. The van der Waals surface area contributed by atoms with Crippen molar-refractivity contribution in [2.24, 2.45) is 0 Å². The number of nitrogens with one attached hydrogen (secondary N) is 1. The third-order valence-corrected chi connectivity index (χ3v) is 4.05. The highest BCUT2D eigenvalue weighted by Crippen LogP contribution is 2.23. The van der Waals surface area contributed by atoms with E-state index in [0.29, 0.717) is 22.2 Å². The molecule has 0 radical (unpaired) electrons. The molecule has 2 heterocycles. The molecule has 0 aliphatic rings. The number of carboxylic acids is 1. The summed E-state index contributed by atoms with van der Waals surface area (Å²) in [6.07, 6.45) is 1.37. The van der Waals surface area contributed by atoms with Gasteiger partial charge in [-0.1, -0.05) is 0 Å². The maximum atomic E-state index is 13.0. The van der Waals surface area contributed by atoms with Gasteiger partial charge in [0.2, 0.25) is 5.95 Å². The summed E-state index contributed by atoms with van der Waals surface area (Å²) in [7, 11) is 2.86. The van der Waals surface area contributed by atoms with E-state index in [0.717, 1.165) is 4.57 Å². The van der Waals surface area contributed by atoms with Crippen LogP contribution in [-0.4, -0.2) is 44.8 Å². The lowest BCUT2D eigenvalue weighted by molar-refractivity contribution is 0.0697. The SMILES string of the molecule is COc1cnc(-n2c(=S)[nH]c3cc(C(=O)O)cc(C)c3c2=O)nc1OC. The molecule has 0 unspecified atom stereocenters. The van der Waals surface area contributed by atoms with Crippen LogP contribution < -0.4 is 15.0 Å². The van der Waals surface area contributed by atoms with E-state index in [1.165, 1.54) is 32.5 Å². The number of aromatic amines is 1. The van der Waals surface area contributed by atoms with Gasteiger partial charge in [-0.05, 0) is 36.8 Å². The maximum Gasteiger partial charge on any atom is 0.335 e.